The Bertz CT molecular complexity index is 1380. The lowest BCUT2D eigenvalue weighted by Crippen LogP contribution is -2.50. The molecule has 0 radical (unpaired) electrons. The van der Waals surface area contributed by atoms with Crippen LogP contribution >= 0.6 is 0 Å². The molecule has 0 aliphatic rings. The van der Waals surface area contributed by atoms with Crippen molar-refractivity contribution < 1.29 is 32.3 Å². The minimum absolute atomic E-state index is 0.0417. The molecule has 0 aliphatic carbocycles. The summed E-state index contributed by atoms with van der Waals surface area (Å²) in [5.74, 6) is -3.77. The van der Waals surface area contributed by atoms with Crippen molar-refractivity contribution in [2.45, 2.75) is 39.0 Å². The zero-order valence-electron chi connectivity index (χ0n) is 21.5. The first kappa shape index (κ1) is 29.2. The normalized spacial score (nSPS) is 12.1. The molecule has 0 saturated carbocycles. The lowest BCUT2D eigenvalue weighted by Gasteiger charge is -2.23. The third-order valence-corrected chi connectivity index (χ3v) is 5.89. The first-order chi connectivity index (χ1) is 18.4. The number of alkyl halides is 3. The maximum absolute atomic E-state index is 13.4. The lowest BCUT2D eigenvalue weighted by atomic mass is 9.99. The number of pyridine rings is 1. The Morgan fingerprint density at radius 2 is 1.56 bits per heavy atom. The van der Waals surface area contributed by atoms with Crippen LogP contribution in [0.4, 0.5) is 18.9 Å². The van der Waals surface area contributed by atoms with Crippen molar-refractivity contribution >= 4 is 23.3 Å². The number of ether oxygens (including phenoxy) is 1. The fraction of sp³-hybridized carbons (Fsp3) is 0.286. The quantitative estimate of drug-likeness (QED) is 0.403. The minimum Gasteiger partial charge on any atom is -0.497 e. The molecule has 206 valence electrons. The molecule has 2 aromatic carbocycles. The van der Waals surface area contributed by atoms with E-state index in [9.17, 15) is 32.3 Å². The number of halogens is 3. The second-order valence-electron chi connectivity index (χ2n) is 9.11. The SMILES string of the molecule is COc1ccc(CC(=O)Nc2ccc(-c3ccccc3)n(CC(=O)NC(C(=O)C(F)(F)F)C(C)C)c2=O)cc1. The van der Waals surface area contributed by atoms with Gasteiger partial charge in [0.15, 0.2) is 0 Å². The van der Waals surface area contributed by atoms with Gasteiger partial charge < -0.3 is 15.4 Å². The number of aromatic nitrogens is 1. The highest BCUT2D eigenvalue weighted by Gasteiger charge is 2.45. The van der Waals surface area contributed by atoms with Gasteiger partial charge in [-0.25, -0.2) is 0 Å². The fourth-order valence-electron chi connectivity index (χ4n) is 3.89. The zero-order valence-corrected chi connectivity index (χ0v) is 21.5. The first-order valence-electron chi connectivity index (χ1n) is 12.0. The predicted octanol–water partition coefficient (Wildman–Crippen LogP) is 3.98. The van der Waals surface area contributed by atoms with Crippen LogP contribution in [-0.2, 0) is 27.3 Å². The van der Waals surface area contributed by atoms with Crippen LogP contribution < -0.4 is 20.9 Å². The van der Waals surface area contributed by atoms with Crippen molar-refractivity contribution in [3.8, 4) is 17.0 Å². The number of hydrogen-bond donors (Lipinski definition) is 2. The highest BCUT2D eigenvalue weighted by molar-refractivity contribution is 5.93. The van der Waals surface area contributed by atoms with Gasteiger partial charge in [-0.2, -0.15) is 13.2 Å². The zero-order chi connectivity index (χ0) is 28.7. The molecule has 0 bridgehead atoms. The summed E-state index contributed by atoms with van der Waals surface area (Å²) in [6, 6.07) is 16.4. The molecule has 2 N–H and O–H groups in total. The number of methoxy groups -OCH3 is 1. The van der Waals surface area contributed by atoms with E-state index >= 15 is 0 Å². The Morgan fingerprint density at radius 1 is 0.923 bits per heavy atom. The molecular weight excluding hydrogens is 515 g/mol. The third kappa shape index (κ3) is 7.56. The number of rotatable bonds is 10. The monoisotopic (exact) mass is 543 g/mol. The van der Waals surface area contributed by atoms with E-state index in [2.05, 4.69) is 10.6 Å². The average molecular weight is 544 g/mol. The number of benzene rings is 2. The molecule has 1 heterocycles. The maximum atomic E-state index is 13.4. The second kappa shape index (κ2) is 12.4. The summed E-state index contributed by atoms with van der Waals surface area (Å²) < 4.78 is 45.3. The Morgan fingerprint density at radius 3 is 2.13 bits per heavy atom. The van der Waals surface area contributed by atoms with Crippen LogP contribution in [0, 0.1) is 5.92 Å². The number of nitrogens with one attached hydrogen (secondary N) is 2. The molecular formula is C28H28F3N3O5. The van der Waals surface area contributed by atoms with E-state index in [1.807, 2.05) is 0 Å². The van der Waals surface area contributed by atoms with Crippen LogP contribution in [0.1, 0.15) is 19.4 Å². The summed E-state index contributed by atoms with van der Waals surface area (Å²) in [7, 11) is 1.52. The van der Waals surface area contributed by atoms with E-state index in [0.29, 0.717) is 22.6 Å². The van der Waals surface area contributed by atoms with Crippen molar-refractivity contribution in [1.82, 2.24) is 9.88 Å². The number of anilines is 1. The minimum atomic E-state index is -5.14. The molecule has 11 heteroatoms. The molecule has 39 heavy (non-hydrogen) atoms. The van der Waals surface area contributed by atoms with Crippen molar-refractivity contribution in [1.29, 1.82) is 0 Å². The van der Waals surface area contributed by atoms with E-state index < -0.39 is 47.8 Å². The van der Waals surface area contributed by atoms with Gasteiger partial charge in [0, 0.05) is 0 Å². The molecule has 0 aliphatic heterocycles. The van der Waals surface area contributed by atoms with Gasteiger partial charge >= 0.3 is 6.18 Å². The number of carbonyl (C=O) groups excluding carboxylic acids is 3. The molecule has 8 nitrogen and oxygen atoms in total. The molecule has 1 aromatic heterocycles. The predicted molar refractivity (Wildman–Crippen MR) is 139 cm³/mol. The molecule has 0 saturated heterocycles. The highest BCUT2D eigenvalue weighted by atomic mass is 19.4. The summed E-state index contributed by atoms with van der Waals surface area (Å²) in [6.45, 7) is 2.06. The fourth-order valence-corrected chi connectivity index (χ4v) is 3.89. The standard InChI is InChI=1S/C28H28F3N3O5/c1-17(2)25(26(37)28(29,30)31)33-24(36)16-34-22(19-7-5-4-6-8-19)14-13-21(27(34)38)32-23(35)15-18-9-11-20(39-3)12-10-18/h4-14,17,25H,15-16H2,1-3H3,(H,32,35)(H,33,36). The number of hydrogen-bond acceptors (Lipinski definition) is 5. The van der Waals surface area contributed by atoms with Gasteiger partial charge in [-0.1, -0.05) is 56.3 Å². The second-order valence-corrected chi connectivity index (χ2v) is 9.11. The summed E-state index contributed by atoms with van der Waals surface area (Å²) in [6.07, 6.45) is -5.18. The van der Waals surface area contributed by atoms with Gasteiger partial charge in [-0.3, -0.25) is 23.7 Å². The Balaban J connectivity index is 1.90. The van der Waals surface area contributed by atoms with Crippen LogP contribution in [0.25, 0.3) is 11.3 Å². The molecule has 0 spiro atoms. The van der Waals surface area contributed by atoms with Crippen LogP contribution in [0.5, 0.6) is 5.75 Å². The highest BCUT2D eigenvalue weighted by Crippen LogP contribution is 2.22. The van der Waals surface area contributed by atoms with E-state index in [4.69, 9.17) is 4.74 Å². The van der Waals surface area contributed by atoms with Crippen LogP contribution in [-0.4, -0.2) is 41.5 Å². The summed E-state index contributed by atoms with van der Waals surface area (Å²) in [5.41, 5.74) is 0.672. The molecule has 1 atom stereocenters. The third-order valence-electron chi connectivity index (χ3n) is 5.89. The number of nitrogens with zero attached hydrogens (tertiary/aromatic N) is 1. The van der Waals surface area contributed by atoms with Gasteiger partial charge in [0.1, 0.15) is 18.0 Å². The van der Waals surface area contributed by atoms with Gasteiger partial charge in [-0.15, -0.1) is 0 Å². The summed E-state index contributed by atoms with van der Waals surface area (Å²) >= 11 is 0. The molecule has 2 amide bonds. The Kier molecular flexibility index (Phi) is 9.29. The largest absolute Gasteiger partial charge is 0.497 e. The molecule has 0 fully saturated rings. The van der Waals surface area contributed by atoms with Crippen LogP contribution in [0.3, 0.4) is 0 Å². The van der Waals surface area contributed by atoms with E-state index in [1.165, 1.54) is 33.1 Å². The first-order valence-corrected chi connectivity index (χ1v) is 12.0. The summed E-state index contributed by atoms with van der Waals surface area (Å²) in [4.78, 5) is 50.7. The smallest absolute Gasteiger partial charge is 0.452 e. The van der Waals surface area contributed by atoms with Crippen molar-refractivity contribution in [3.63, 3.8) is 0 Å². The van der Waals surface area contributed by atoms with Gasteiger partial charge in [0.25, 0.3) is 11.3 Å². The number of ketones is 1. The number of amides is 2. The van der Waals surface area contributed by atoms with Gasteiger partial charge in [-0.05, 0) is 41.3 Å². The number of Topliss-reactive ketones (excluding diaryl/α,β-unsaturated/α-hetero) is 1. The topological polar surface area (TPSA) is 106 Å². The van der Waals surface area contributed by atoms with E-state index in [1.54, 1.807) is 54.6 Å². The lowest BCUT2D eigenvalue weighted by molar-refractivity contribution is -0.174. The van der Waals surface area contributed by atoms with Crippen molar-refractivity contribution in [2.75, 3.05) is 12.4 Å². The average Bonchev–Trinajstić information content (AvgIpc) is 2.89. The van der Waals surface area contributed by atoms with Crippen molar-refractivity contribution in [3.05, 3.63) is 82.6 Å². The molecule has 3 aromatic rings. The summed E-state index contributed by atoms with van der Waals surface area (Å²) in [5, 5.41) is 4.65. The van der Waals surface area contributed by atoms with E-state index in [-0.39, 0.29) is 12.1 Å². The van der Waals surface area contributed by atoms with Gasteiger partial charge in [0.05, 0.1) is 25.3 Å². The van der Waals surface area contributed by atoms with Crippen LogP contribution in [0.15, 0.2) is 71.5 Å². The Hall–Kier alpha value is -4.41. The molecule has 1 unspecified atom stereocenters. The number of carbonyl (C=O) groups is 3. The van der Waals surface area contributed by atoms with E-state index in [0.717, 1.165) is 4.57 Å². The molecule has 3 rings (SSSR count). The van der Waals surface area contributed by atoms with Gasteiger partial charge in [0.2, 0.25) is 11.8 Å². The Labute approximate surface area is 222 Å². The van der Waals surface area contributed by atoms with Crippen LogP contribution in [0.2, 0.25) is 0 Å². The maximum Gasteiger partial charge on any atom is 0.452 e. The van der Waals surface area contributed by atoms with Crippen molar-refractivity contribution in [2.24, 2.45) is 5.92 Å².